The number of nitrogens with one attached hydrogen (secondary N) is 1. The van der Waals surface area contributed by atoms with Gasteiger partial charge in [-0.05, 0) is 47.5 Å². The predicted octanol–water partition coefficient (Wildman–Crippen LogP) is 4.96. The van der Waals surface area contributed by atoms with Crippen molar-refractivity contribution in [1.82, 2.24) is 9.62 Å². The van der Waals surface area contributed by atoms with E-state index in [1.54, 1.807) is 42.1 Å². The summed E-state index contributed by atoms with van der Waals surface area (Å²) in [6, 6.07) is 20.0. The van der Waals surface area contributed by atoms with Gasteiger partial charge in [0.2, 0.25) is 0 Å². The lowest BCUT2D eigenvalue weighted by Gasteiger charge is -2.27. The van der Waals surface area contributed by atoms with Crippen LogP contribution in [0.5, 0.6) is 0 Å². The number of carbonyl (C=O) groups excluding carboxylic acids is 1. The smallest absolute Gasteiger partial charge is 0.303 e. The molecule has 3 aromatic carbocycles. The van der Waals surface area contributed by atoms with Crippen LogP contribution in [0.2, 0.25) is 5.02 Å². The van der Waals surface area contributed by atoms with Crippen molar-refractivity contribution in [3.8, 4) is 0 Å². The fraction of sp³-hybridized carbons (Fsp3) is 0.240. The monoisotopic (exact) mass is 535 g/mol. The molecule has 0 aliphatic rings. The van der Waals surface area contributed by atoms with Gasteiger partial charge in [0.25, 0.3) is 5.91 Å². The van der Waals surface area contributed by atoms with E-state index in [1.807, 2.05) is 24.3 Å². The van der Waals surface area contributed by atoms with Crippen LogP contribution in [-0.2, 0) is 22.5 Å². The zero-order valence-electron chi connectivity index (χ0n) is 19.4. The summed E-state index contributed by atoms with van der Waals surface area (Å²) in [6.07, 6.45) is 0. The molecule has 0 saturated heterocycles. The SMILES string of the molecule is CN(C)S(=O)(=O)N(Cc1ccc(C(=O)NCCSCc2cccc(Cl)c2)cc1)c1ccccc1F. The quantitative estimate of drug-likeness (QED) is 0.352. The molecular weight excluding hydrogens is 509 g/mol. The molecule has 1 amide bonds. The highest BCUT2D eigenvalue weighted by atomic mass is 35.5. The van der Waals surface area contributed by atoms with Gasteiger partial charge in [-0.2, -0.15) is 24.5 Å². The van der Waals surface area contributed by atoms with Crippen molar-refractivity contribution < 1.29 is 17.6 Å². The number of benzene rings is 3. The van der Waals surface area contributed by atoms with Crippen molar-refractivity contribution in [3.63, 3.8) is 0 Å². The lowest BCUT2D eigenvalue weighted by atomic mass is 10.1. The van der Waals surface area contributed by atoms with Gasteiger partial charge in [-0.25, -0.2) is 4.39 Å². The molecule has 0 bridgehead atoms. The fourth-order valence-corrected chi connectivity index (χ4v) is 5.35. The molecular formula is C25H27ClFN3O3S2. The first-order valence-electron chi connectivity index (χ1n) is 10.8. The molecule has 0 aliphatic heterocycles. The molecule has 0 aliphatic carbocycles. The molecule has 0 aromatic heterocycles. The lowest BCUT2D eigenvalue weighted by Crippen LogP contribution is -2.40. The molecule has 0 radical (unpaired) electrons. The molecule has 186 valence electrons. The maximum atomic E-state index is 14.4. The van der Waals surface area contributed by atoms with E-state index in [0.717, 1.165) is 25.7 Å². The molecule has 35 heavy (non-hydrogen) atoms. The van der Waals surface area contributed by atoms with Crippen LogP contribution in [0, 0.1) is 5.82 Å². The van der Waals surface area contributed by atoms with Gasteiger partial charge in [0.15, 0.2) is 0 Å². The van der Waals surface area contributed by atoms with E-state index in [9.17, 15) is 17.6 Å². The second kappa shape index (κ2) is 12.4. The van der Waals surface area contributed by atoms with Gasteiger partial charge >= 0.3 is 10.2 Å². The Kier molecular flexibility index (Phi) is 9.56. The molecule has 0 spiro atoms. The standard InChI is InChI=1S/C25H27ClFN3O3S2/c1-29(2)35(32,33)30(24-9-4-3-8-23(24)27)17-19-10-12-21(13-11-19)25(31)28-14-15-34-18-20-6-5-7-22(26)16-20/h3-13,16H,14-15,17-18H2,1-2H3,(H,28,31). The Morgan fingerprint density at radius 1 is 1.00 bits per heavy atom. The van der Waals surface area contributed by atoms with Crippen LogP contribution >= 0.6 is 23.4 Å². The van der Waals surface area contributed by atoms with Crippen molar-refractivity contribution in [2.45, 2.75) is 12.3 Å². The number of hydrogen-bond donors (Lipinski definition) is 1. The molecule has 10 heteroatoms. The lowest BCUT2D eigenvalue weighted by molar-refractivity contribution is 0.0956. The summed E-state index contributed by atoms with van der Waals surface area (Å²) < 4.78 is 42.2. The first-order chi connectivity index (χ1) is 16.7. The number of hydrogen-bond acceptors (Lipinski definition) is 4. The van der Waals surface area contributed by atoms with Gasteiger partial charge in [0, 0.05) is 42.7 Å². The molecule has 3 rings (SSSR count). The van der Waals surface area contributed by atoms with Crippen LogP contribution in [-0.4, -0.2) is 45.0 Å². The number of rotatable bonds is 11. The second-order valence-electron chi connectivity index (χ2n) is 7.88. The fourth-order valence-electron chi connectivity index (χ4n) is 3.23. The third-order valence-corrected chi connectivity index (χ3v) is 8.16. The molecule has 0 unspecified atom stereocenters. The normalized spacial score (nSPS) is 11.5. The second-order valence-corrected chi connectivity index (χ2v) is 11.5. The Morgan fingerprint density at radius 3 is 2.37 bits per heavy atom. The van der Waals surface area contributed by atoms with E-state index in [0.29, 0.717) is 22.7 Å². The number of anilines is 1. The van der Waals surface area contributed by atoms with Crippen LogP contribution in [0.25, 0.3) is 0 Å². The highest BCUT2D eigenvalue weighted by Crippen LogP contribution is 2.25. The summed E-state index contributed by atoms with van der Waals surface area (Å²) in [5, 5.41) is 3.59. The van der Waals surface area contributed by atoms with E-state index < -0.39 is 16.0 Å². The van der Waals surface area contributed by atoms with Crippen molar-refractivity contribution in [2.75, 3.05) is 30.7 Å². The topological polar surface area (TPSA) is 69.7 Å². The number of thioether (sulfide) groups is 1. The number of carbonyl (C=O) groups is 1. The van der Waals surface area contributed by atoms with Gasteiger partial charge in [-0.15, -0.1) is 0 Å². The van der Waals surface area contributed by atoms with Crippen LogP contribution in [0.1, 0.15) is 21.5 Å². The van der Waals surface area contributed by atoms with Crippen LogP contribution < -0.4 is 9.62 Å². The summed E-state index contributed by atoms with van der Waals surface area (Å²) in [5.74, 6) is 0.699. The molecule has 0 atom stereocenters. The van der Waals surface area contributed by atoms with E-state index in [4.69, 9.17) is 11.6 Å². The zero-order valence-corrected chi connectivity index (χ0v) is 21.8. The van der Waals surface area contributed by atoms with Crippen molar-refractivity contribution in [1.29, 1.82) is 0 Å². The van der Waals surface area contributed by atoms with Crippen molar-refractivity contribution >= 4 is 45.2 Å². The summed E-state index contributed by atoms with van der Waals surface area (Å²) in [5.41, 5.74) is 2.16. The molecule has 0 fully saturated rings. The maximum Gasteiger partial charge on any atom is 0.303 e. The van der Waals surface area contributed by atoms with E-state index >= 15 is 0 Å². The average molecular weight is 536 g/mol. The van der Waals surface area contributed by atoms with Crippen LogP contribution in [0.4, 0.5) is 10.1 Å². The van der Waals surface area contributed by atoms with Crippen molar-refractivity contribution in [2.24, 2.45) is 0 Å². The summed E-state index contributed by atoms with van der Waals surface area (Å²) in [4.78, 5) is 12.5. The Morgan fingerprint density at radius 2 is 1.71 bits per heavy atom. The predicted molar refractivity (Wildman–Crippen MR) is 142 cm³/mol. The van der Waals surface area contributed by atoms with E-state index in [1.165, 1.54) is 32.3 Å². The van der Waals surface area contributed by atoms with Crippen LogP contribution in [0.3, 0.4) is 0 Å². The Balaban J connectivity index is 1.58. The summed E-state index contributed by atoms with van der Waals surface area (Å²) in [6.45, 7) is 0.428. The summed E-state index contributed by atoms with van der Waals surface area (Å²) >= 11 is 7.68. The summed E-state index contributed by atoms with van der Waals surface area (Å²) in [7, 11) is -1.16. The van der Waals surface area contributed by atoms with Crippen molar-refractivity contribution in [3.05, 3.63) is 100 Å². The first kappa shape index (κ1) is 27.0. The third kappa shape index (κ3) is 7.44. The van der Waals surface area contributed by atoms with Gasteiger partial charge in [0.05, 0.1) is 12.2 Å². The largest absolute Gasteiger partial charge is 0.351 e. The van der Waals surface area contributed by atoms with E-state index in [2.05, 4.69) is 5.32 Å². The van der Waals surface area contributed by atoms with E-state index in [-0.39, 0.29) is 18.1 Å². The molecule has 0 saturated carbocycles. The Hall–Kier alpha value is -2.59. The van der Waals surface area contributed by atoms with Gasteiger partial charge in [-0.3, -0.25) is 9.10 Å². The minimum atomic E-state index is -3.94. The van der Waals surface area contributed by atoms with Gasteiger partial charge in [-0.1, -0.05) is 48.0 Å². The maximum absolute atomic E-state index is 14.4. The zero-order chi connectivity index (χ0) is 25.4. The van der Waals surface area contributed by atoms with Gasteiger partial charge < -0.3 is 5.32 Å². The third-order valence-electron chi connectivity index (χ3n) is 5.09. The molecule has 1 N–H and O–H groups in total. The molecule has 3 aromatic rings. The molecule has 6 nitrogen and oxygen atoms in total. The number of para-hydroxylation sites is 1. The number of nitrogens with zero attached hydrogens (tertiary/aromatic N) is 2. The number of amides is 1. The minimum absolute atomic E-state index is 0.0432. The highest BCUT2D eigenvalue weighted by Gasteiger charge is 2.27. The van der Waals surface area contributed by atoms with Crippen LogP contribution in [0.15, 0.2) is 72.8 Å². The average Bonchev–Trinajstić information content (AvgIpc) is 2.83. The minimum Gasteiger partial charge on any atom is -0.351 e. The Bertz CT molecular complexity index is 1250. The van der Waals surface area contributed by atoms with Gasteiger partial charge in [0.1, 0.15) is 5.82 Å². The highest BCUT2D eigenvalue weighted by molar-refractivity contribution is 7.98. The molecule has 0 heterocycles. The number of halogens is 2. The Labute approximate surface area is 215 Å². The first-order valence-corrected chi connectivity index (χ1v) is 13.8.